The second-order valence-corrected chi connectivity index (χ2v) is 15.2. The largest absolute Gasteiger partial charge is 0.493 e. The van der Waals surface area contributed by atoms with Crippen molar-refractivity contribution in [1.29, 1.82) is 0 Å². The molecular formula is C37H53N4O5+. The number of fused-ring (bicyclic) bond motifs is 1. The molecule has 2 amide bonds. The number of carboxylic acids is 1. The van der Waals surface area contributed by atoms with Crippen LogP contribution < -0.4 is 9.64 Å². The smallest absolute Gasteiger partial charge is 0.308 e. The van der Waals surface area contributed by atoms with E-state index in [0.717, 1.165) is 59.3 Å². The van der Waals surface area contributed by atoms with Gasteiger partial charge in [0.1, 0.15) is 12.3 Å². The summed E-state index contributed by atoms with van der Waals surface area (Å²) in [6.07, 6.45) is 3.94. The van der Waals surface area contributed by atoms with Crippen molar-refractivity contribution in [3.63, 3.8) is 0 Å². The molecule has 46 heavy (non-hydrogen) atoms. The fourth-order valence-electron chi connectivity index (χ4n) is 7.52. The van der Waals surface area contributed by atoms with Gasteiger partial charge >= 0.3 is 5.97 Å². The zero-order valence-corrected chi connectivity index (χ0v) is 28.6. The van der Waals surface area contributed by atoms with Crippen LogP contribution in [0.4, 0.5) is 5.69 Å². The lowest BCUT2D eigenvalue weighted by molar-refractivity contribution is -0.884. The van der Waals surface area contributed by atoms with Gasteiger partial charge in [-0.3, -0.25) is 19.3 Å². The average molecular weight is 634 g/mol. The predicted molar refractivity (Wildman–Crippen MR) is 180 cm³/mol. The minimum atomic E-state index is -0.856. The summed E-state index contributed by atoms with van der Waals surface area (Å²) in [6, 6.07) is 13.9. The molecule has 0 aliphatic carbocycles. The van der Waals surface area contributed by atoms with Crippen LogP contribution >= 0.6 is 0 Å². The van der Waals surface area contributed by atoms with Crippen LogP contribution in [-0.2, 0) is 27.3 Å². The summed E-state index contributed by atoms with van der Waals surface area (Å²) in [4.78, 5) is 46.3. The molecule has 0 spiro atoms. The van der Waals surface area contributed by atoms with Crippen LogP contribution in [-0.4, -0.2) is 104 Å². The third kappa shape index (κ3) is 7.58. The van der Waals surface area contributed by atoms with Gasteiger partial charge in [0.15, 0.2) is 0 Å². The Kier molecular flexibility index (Phi) is 10.1. The predicted octanol–water partition coefficient (Wildman–Crippen LogP) is 4.78. The quantitative estimate of drug-likeness (QED) is 0.320. The molecule has 2 aromatic carbocycles. The van der Waals surface area contributed by atoms with Gasteiger partial charge in [-0.2, -0.15) is 0 Å². The molecule has 5 rings (SSSR count). The van der Waals surface area contributed by atoms with Crippen LogP contribution in [0.15, 0.2) is 42.5 Å². The van der Waals surface area contributed by atoms with E-state index in [2.05, 4.69) is 51.2 Å². The van der Waals surface area contributed by atoms with Crippen LogP contribution in [0.5, 0.6) is 5.75 Å². The van der Waals surface area contributed by atoms with Gasteiger partial charge in [0, 0.05) is 61.2 Å². The molecule has 3 aliphatic heterocycles. The zero-order chi connectivity index (χ0) is 33.2. The molecule has 2 saturated heterocycles. The van der Waals surface area contributed by atoms with E-state index in [4.69, 9.17) is 4.74 Å². The van der Waals surface area contributed by atoms with Gasteiger partial charge in [-0.1, -0.05) is 51.5 Å². The SMILES string of the molecule is CCCCN(C(=O)CN1CC(c2ccc3c(c2)CCO3)C(C(=O)O)C1CCN1CCC(C)(C)C1=O)c1cccc(C[N+](C)(C)C)c1. The molecule has 3 atom stereocenters. The lowest BCUT2D eigenvalue weighted by atomic mass is 9.83. The average Bonchev–Trinajstić information content (AvgIpc) is 3.67. The number of ether oxygens (including phenoxy) is 1. The Bertz CT molecular complexity index is 1430. The Hall–Kier alpha value is -3.43. The lowest BCUT2D eigenvalue weighted by Crippen LogP contribution is -2.46. The first-order valence-corrected chi connectivity index (χ1v) is 17.0. The fourth-order valence-corrected chi connectivity index (χ4v) is 7.52. The summed E-state index contributed by atoms with van der Waals surface area (Å²) in [6.45, 7) is 9.92. The normalized spacial score (nSPS) is 22.6. The second kappa shape index (κ2) is 13.7. The Balaban J connectivity index is 1.43. The monoisotopic (exact) mass is 633 g/mol. The topological polar surface area (TPSA) is 90.4 Å². The van der Waals surface area contributed by atoms with Crippen molar-refractivity contribution < 1.29 is 28.7 Å². The maximum absolute atomic E-state index is 14.3. The van der Waals surface area contributed by atoms with Crippen molar-refractivity contribution in [2.24, 2.45) is 11.3 Å². The third-order valence-electron chi connectivity index (χ3n) is 10.00. The van der Waals surface area contributed by atoms with Crippen molar-refractivity contribution in [3.8, 4) is 5.75 Å². The maximum Gasteiger partial charge on any atom is 0.308 e. The minimum Gasteiger partial charge on any atom is -0.493 e. The van der Waals surface area contributed by atoms with E-state index in [1.54, 1.807) is 0 Å². The van der Waals surface area contributed by atoms with E-state index < -0.39 is 17.3 Å². The number of hydrogen-bond donors (Lipinski definition) is 1. The van der Waals surface area contributed by atoms with Crippen molar-refractivity contribution in [1.82, 2.24) is 9.80 Å². The molecule has 1 N–H and O–H groups in total. The van der Waals surface area contributed by atoms with Gasteiger partial charge in [-0.15, -0.1) is 0 Å². The van der Waals surface area contributed by atoms with Gasteiger partial charge < -0.3 is 24.1 Å². The van der Waals surface area contributed by atoms with Crippen LogP contribution in [0.1, 0.15) is 69.1 Å². The molecule has 0 bridgehead atoms. The van der Waals surface area contributed by atoms with Crippen LogP contribution in [0.25, 0.3) is 0 Å². The number of likely N-dealkylation sites (tertiary alicyclic amines) is 2. The van der Waals surface area contributed by atoms with Crippen LogP contribution in [0, 0.1) is 11.3 Å². The molecule has 2 fully saturated rings. The van der Waals surface area contributed by atoms with Crippen molar-refractivity contribution >= 4 is 23.5 Å². The van der Waals surface area contributed by atoms with Gasteiger partial charge in [0.25, 0.3) is 0 Å². The van der Waals surface area contributed by atoms with Crippen LogP contribution in [0.2, 0.25) is 0 Å². The summed E-state index contributed by atoms with van der Waals surface area (Å²) >= 11 is 0. The third-order valence-corrected chi connectivity index (χ3v) is 10.00. The lowest BCUT2D eigenvalue weighted by Gasteiger charge is -2.31. The molecule has 2 aromatic rings. The van der Waals surface area contributed by atoms with Crippen molar-refractivity contribution in [3.05, 3.63) is 59.2 Å². The molecule has 9 heteroatoms. The summed E-state index contributed by atoms with van der Waals surface area (Å²) in [5.74, 6) is -0.863. The number of aliphatic carboxylic acids is 1. The number of anilines is 1. The van der Waals surface area contributed by atoms with E-state index in [1.165, 1.54) is 5.56 Å². The Morgan fingerprint density at radius 1 is 1.13 bits per heavy atom. The number of nitrogens with zero attached hydrogens (tertiary/aromatic N) is 4. The maximum atomic E-state index is 14.3. The highest BCUT2D eigenvalue weighted by Gasteiger charge is 2.48. The molecule has 0 aromatic heterocycles. The molecule has 3 heterocycles. The number of carboxylic acid groups (broad SMARTS) is 1. The number of quaternary nitrogens is 1. The van der Waals surface area contributed by atoms with Crippen molar-refractivity contribution in [2.45, 2.75) is 71.4 Å². The van der Waals surface area contributed by atoms with E-state index in [1.807, 2.05) is 47.9 Å². The number of carbonyl (C=O) groups excluding carboxylic acids is 2. The second-order valence-electron chi connectivity index (χ2n) is 15.2. The van der Waals surface area contributed by atoms with Gasteiger partial charge in [0.2, 0.25) is 11.8 Å². The molecule has 0 saturated carbocycles. The summed E-state index contributed by atoms with van der Waals surface area (Å²) < 4.78 is 6.51. The van der Waals surface area contributed by atoms with E-state index in [0.29, 0.717) is 39.2 Å². The Morgan fingerprint density at radius 2 is 1.91 bits per heavy atom. The summed E-state index contributed by atoms with van der Waals surface area (Å²) in [7, 11) is 6.46. The first-order chi connectivity index (χ1) is 21.8. The number of amides is 2. The number of carbonyl (C=O) groups is 3. The van der Waals surface area contributed by atoms with E-state index in [9.17, 15) is 19.5 Å². The van der Waals surface area contributed by atoms with Gasteiger partial charge in [-0.25, -0.2) is 0 Å². The fraction of sp³-hybridized carbons (Fsp3) is 0.595. The van der Waals surface area contributed by atoms with Gasteiger partial charge in [0.05, 0.1) is 40.2 Å². The highest BCUT2D eigenvalue weighted by atomic mass is 16.5. The number of unbranched alkanes of at least 4 members (excludes halogenated alkanes) is 1. The molecule has 0 radical (unpaired) electrons. The Morgan fingerprint density at radius 3 is 2.59 bits per heavy atom. The number of hydrogen-bond acceptors (Lipinski definition) is 5. The standard InChI is InChI=1S/C37H52N4O5/c1-7-8-17-40(29-11-9-10-26(21-29)25-41(4,5)6)33(42)24-39-23-30(27-12-13-32-28(22-27)15-20-46-32)34(35(43)44)31(39)14-18-38-19-16-37(2,3)36(38)45/h9-13,21-22,30-31,34H,7-8,14-20,23-25H2,1-6H3/p+1. The first-order valence-electron chi connectivity index (χ1n) is 17.0. The van der Waals surface area contributed by atoms with E-state index in [-0.39, 0.29) is 30.3 Å². The first kappa shape index (κ1) is 33.9. The Labute approximate surface area is 274 Å². The highest BCUT2D eigenvalue weighted by Crippen LogP contribution is 2.42. The highest BCUT2D eigenvalue weighted by molar-refractivity contribution is 5.95. The number of benzene rings is 2. The molecule has 9 nitrogen and oxygen atoms in total. The molecule has 3 aliphatic rings. The zero-order valence-electron chi connectivity index (χ0n) is 28.6. The summed E-state index contributed by atoms with van der Waals surface area (Å²) in [5, 5.41) is 10.7. The minimum absolute atomic E-state index is 0.0219. The molecule has 250 valence electrons. The van der Waals surface area contributed by atoms with E-state index >= 15 is 0 Å². The van der Waals surface area contributed by atoms with Crippen LogP contribution in [0.3, 0.4) is 0 Å². The summed E-state index contributed by atoms with van der Waals surface area (Å²) in [5.41, 5.74) is 3.74. The number of rotatable bonds is 13. The van der Waals surface area contributed by atoms with Crippen molar-refractivity contribution in [2.75, 3.05) is 65.4 Å². The molecular weight excluding hydrogens is 580 g/mol. The van der Waals surface area contributed by atoms with Gasteiger partial charge in [-0.05, 0) is 48.6 Å². The molecule has 3 unspecified atom stereocenters.